The van der Waals surface area contributed by atoms with Crippen molar-refractivity contribution in [1.82, 2.24) is 15.5 Å². The van der Waals surface area contributed by atoms with Crippen LogP contribution in [0, 0.1) is 11.6 Å². The Bertz CT molecular complexity index is 579. The molecule has 25 heavy (non-hydrogen) atoms. The monoisotopic (exact) mass is 350 g/mol. The van der Waals surface area contributed by atoms with E-state index in [2.05, 4.69) is 20.5 Å². The van der Waals surface area contributed by atoms with E-state index in [-0.39, 0.29) is 12.0 Å². The lowest BCUT2D eigenvalue weighted by molar-refractivity contribution is 0.242. The third kappa shape index (κ3) is 4.69. The van der Waals surface area contributed by atoms with Gasteiger partial charge >= 0.3 is 0 Å². The molecule has 2 N–H and O–H groups in total. The van der Waals surface area contributed by atoms with Crippen LogP contribution in [-0.2, 0) is 6.42 Å². The van der Waals surface area contributed by atoms with E-state index in [1.165, 1.54) is 43.9 Å². The number of benzene rings is 1. The molecule has 2 fully saturated rings. The fourth-order valence-corrected chi connectivity index (χ4v) is 3.97. The van der Waals surface area contributed by atoms with Crippen LogP contribution in [0.3, 0.4) is 0 Å². The second-order valence-corrected chi connectivity index (χ2v) is 7.01. The van der Waals surface area contributed by atoms with Gasteiger partial charge in [-0.2, -0.15) is 0 Å². The highest BCUT2D eigenvalue weighted by molar-refractivity contribution is 5.80. The topological polar surface area (TPSA) is 39.7 Å². The number of aliphatic imine (C=N–C) groups is 1. The molecule has 1 aliphatic heterocycles. The Morgan fingerprint density at radius 3 is 2.60 bits per heavy atom. The van der Waals surface area contributed by atoms with Gasteiger partial charge in [-0.15, -0.1) is 0 Å². The molecular weight excluding hydrogens is 322 g/mol. The summed E-state index contributed by atoms with van der Waals surface area (Å²) in [5, 5.41) is 6.61. The SMILES string of the molecule is CN=C(NCCc1c(F)cccc1F)NC1CCN(C2CCCC2)C1. The maximum Gasteiger partial charge on any atom is 0.191 e. The first kappa shape index (κ1) is 18.1. The van der Waals surface area contributed by atoms with Gasteiger partial charge in [0.05, 0.1) is 0 Å². The zero-order chi connectivity index (χ0) is 17.6. The van der Waals surface area contributed by atoms with Crippen LogP contribution in [0.1, 0.15) is 37.7 Å². The van der Waals surface area contributed by atoms with Gasteiger partial charge in [0, 0.05) is 44.3 Å². The van der Waals surface area contributed by atoms with Crippen LogP contribution in [0.2, 0.25) is 0 Å². The summed E-state index contributed by atoms with van der Waals surface area (Å²) >= 11 is 0. The number of rotatable bonds is 5. The molecule has 1 unspecified atom stereocenters. The summed E-state index contributed by atoms with van der Waals surface area (Å²) in [7, 11) is 1.72. The van der Waals surface area contributed by atoms with Crippen LogP contribution in [0.25, 0.3) is 0 Å². The molecular formula is C19H28F2N4. The number of guanidine groups is 1. The lowest BCUT2D eigenvalue weighted by atomic mass is 10.1. The number of hydrogen-bond acceptors (Lipinski definition) is 2. The van der Waals surface area contributed by atoms with Crippen molar-refractivity contribution in [2.45, 2.75) is 50.6 Å². The van der Waals surface area contributed by atoms with Crippen LogP contribution >= 0.6 is 0 Å². The first-order valence-electron chi connectivity index (χ1n) is 9.31. The van der Waals surface area contributed by atoms with Gasteiger partial charge in [-0.05, 0) is 37.8 Å². The molecule has 4 nitrogen and oxygen atoms in total. The minimum absolute atomic E-state index is 0.124. The maximum absolute atomic E-state index is 13.7. The van der Waals surface area contributed by atoms with Crippen LogP contribution in [0.15, 0.2) is 23.2 Å². The summed E-state index contributed by atoms with van der Waals surface area (Å²) in [5.74, 6) is -0.282. The first-order valence-corrected chi connectivity index (χ1v) is 9.31. The third-order valence-electron chi connectivity index (χ3n) is 5.35. The standard InChI is InChI=1S/C19H28F2N4/c1-22-19(23-11-9-16-17(20)7-4-8-18(16)21)24-14-10-12-25(13-14)15-5-2-3-6-15/h4,7-8,14-15H,2-3,5-6,9-13H2,1H3,(H2,22,23,24). The normalized spacial score (nSPS) is 22.5. The predicted octanol–water partition coefficient (Wildman–Crippen LogP) is 2.69. The summed E-state index contributed by atoms with van der Waals surface area (Å²) < 4.78 is 27.3. The van der Waals surface area contributed by atoms with Gasteiger partial charge in [-0.25, -0.2) is 8.78 Å². The zero-order valence-corrected chi connectivity index (χ0v) is 14.9. The summed E-state index contributed by atoms with van der Waals surface area (Å²) in [5.41, 5.74) is 0.124. The fourth-order valence-electron chi connectivity index (χ4n) is 3.97. The Hall–Kier alpha value is -1.69. The van der Waals surface area contributed by atoms with Crippen LogP contribution < -0.4 is 10.6 Å². The van der Waals surface area contributed by atoms with Crippen molar-refractivity contribution < 1.29 is 8.78 Å². The maximum atomic E-state index is 13.7. The van der Waals surface area contributed by atoms with Crippen LogP contribution in [-0.4, -0.2) is 49.6 Å². The molecule has 0 radical (unpaired) electrons. The highest BCUT2D eigenvalue weighted by atomic mass is 19.1. The minimum atomic E-state index is -0.493. The van der Waals surface area contributed by atoms with Crippen molar-refractivity contribution in [3.8, 4) is 0 Å². The minimum Gasteiger partial charge on any atom is -0.356 e. The molecule has 1 atom stereocenters. The third-order valence-corrected chi connectivity index (χ3v) is 5.35. The Kier molecular flexibility index (Phi) is 6.24. The first-order chi connectivity index (χ1) is 12.2. The van der Waals surface area contributed by atoms with Gasteiger partial charge in [-0.1, -0.05) is 18.9 Å². The number of hydrogen-bond donors (Lipinski definition) is 2. The highest BCUT2D eigenvalue weighted by Crippen LogP contribution is 2.26. The molecule has 0 aromatic heterocycles. The molecule has 1 heterocycles. The summed E-state index contributed by atoms with van der Waals surface area (Å²) in [6.07, 6.45) is 6.77. The quantitative estimate of drug-likeness (QED) is 0.634. The average molecular weight is 350 g/mol. The molecule has 3 rings (SSSR count). The van der Waals surface area contributed by atoms with Crippen molar-refractivity contribution in [2.75, 3.05) is 26.7 Å². The molecule has 0 bridgehead atoms. The van der Waals surface area contributed by atoms with Gasteiger partial charge in [0.15, 0.2) is 5.96 Å². The molecule has 1 saturated heterocycles. The summed E-state index contributed by atoms with van der Waals surface area (Å²) in [4.78, 5) is 6.83. The number of nitrogens with one attached hydrogen (secondary N) is 2. The van der Waals surface area contributed by atoms with E-state index >= 15 is 0 Å². The smallest absolute Gasteiger partial charge is 0.191 e. The van der Waals surface area contributed by atoms with E-state index in [4.69, 9.17) is 0 Å². The Morgan fingerprint density at radius 1 is 1.20 bits per heavy atom. The van der Waals surface area contributed by atoms with Crippen LogP contribution in [0.4, 0.5) is 8.78 Å². The molecule has 0 spiro atoms. The van der Waals surface area contributed by atoms with Gasteiger partial charge in [0.2, 0.25) is 0 Å². The molecule has 2 aliphatic rings. The number of nitrogens with zero attached hydrogens (tertiary/aromatic N) is 2. The lowest BCUT2D eigenvalue weighted by Gasteiger charge is -2.24. The molecule has 1 saturated carbocycles. The summed E-state index contributed by atoms with van der Waals surface area (Å²) in [6, 6.07) is 5.12. The second-order valence-electron chi connectivity index (χ2n) is 7.01. The predicted molar refractivity (Wildman–Crippen MR) is 96.8 cm³/mol. The van der Waals surface area contributed by atoms with Gasteiger partial charge in [0.1, 0.15) is 11.6 Å². The highest BCUT2D eigenvalue weighted by Gasteiger charge is 2.30. The number of halogens is 2. The molecule has 1 aromatic carbocycles. The van der Waals surface area contributed by atoms with E-state index < -0.39 is 11.6 Å². The van der Waals surface area contributed by atoms with E-state index in [9.17, 15) is 8.78 Å². The van der Waals surface area contributed by atoms with Crippen LogP contribution in [0.5, 0.6) is 0 Å². The summed E-state index contributed by atoms with van der Waals surface area (Å²) in [6.45, 7) is 2.63. The van der Waals surface area contributed by atoms with Crippen molar-refractivity contribution >= 4 is 5.96 Å². The van der Waals surface area contributed by atoms with Crippen molar-refractivity contribution in [3.63, 3.8) is 0 Å². The lowest BCUT2D eigenvalue weighted by Crippen LogP contribution is -2.45. The van der Waals surface area contributed by atoms with Crippen molar-refractivity contribution in [2.24, 2.45) is 4.99 Å². The molecule has 1 aromatic rings. The largest absolute Gasteiger partial charge is 0.356 e. The molecule has 0 amide bonds. The zero-order valence-electron chi connectivity index (χ0n) is 14.9. The van der Waals surface area contributed by atoms with Gasteiger partial charge in [0.25, 0.3) is 0 Å². The Morgan fingerprint density at radius 2 is 1.92 bits per heavy atom. The van der Waals surface area contributed by atoms with E-state index in [0.717, 1.165) is 25.6 Å². The molecule has 6 heteroatoms. The van der Waals surface area contributed by atoms with Crippen molar-refractivity contribution in [1.29, 1.82) is 0 Å². The number of likely N-dealkylation sites (tertiary alicyclic amines) is 1. The second kappa shape index (κ2) is 8.61. The van der Waals surface area contributed by atoms with E-state index in [1.54, 1.807) is 7.05 Å². The van der Waals surface area contributed by atoms with E-state index in [0.29, 0.717) is 18.5 Å². The van der Waals surface area contributed by atoms with Crippen molar-refractivity contribution in [3.05, 3.63) is 35.4 Å². The molecule has 138 valence electrons. The van der Waals surface area contributed by atoms with Gasteiger partial charge < -0.3 is 10.6 Å². The average Bonchev–Trinajstić information content (AvgIpc) is 3.27. The van der Waals surface area contributed by atoms with Gasteiger partial charge in [-0.3, -0.25) is 9.89 Å². The Balaban J connectivity index is 1.44. The Labute approximate surface area is 148 Å². The molecule has 1 aliphatic carbocycles. The van der Waals surface area contributed by atoms with E-state index in [1.807, 2.05) is 0 Å². The fraction of sp³-hybridized carbons (Fsp3) is 0.632.